The van der Waals surface area contributed by atoms with Crippen LogP contribution in [0.3, 0.4) is 0 Å². The van der Waals surface area contributed by atoms with Gasteiger partial charge in [0.1, 0.15) is 11.6 Å². The normalized spacial score (nSPS) is 11.4. The maximum Gasteiger partial charge on any atom is 0.322 e. The molecule has 5 heteroatoms. The number of anilines is 1. The summed E-state index contributed by atoms with van der Waals surface area (Å²) in [6.45, 7) is 9.46. The molecule has 0 saturated heterocycles. The second-order valence-corrected chi connectivity index (χ2v) is 9.38. The molecule has 0 atom stereocenters. The van der Waals surface area contributed by atoms with E-state index in [1.807, 2.05) is 24.3 Å². The van der Waals surface area contributed by atoms with Crippen LogP contribution in [0.4, 0.5) is 19.3 Å². The Morgan fingerprint density at radius 3 is 2.19 bits per heavy atom. The van der Waals surface area contributed by atoms with Crippen molar-refractivity contribution in [2.75, 3.05) is 11.4 Å². The molecule has 0 aliphatic carbocycles. The zero-order chi connectivity index (χ0) is 22.9. The van der Waals surface area contributed by atoms with Crippen LogP contribution in [0.25, 0.3) is 0 Å². The Kier molecular flexibility index (Phi) is 9.47. The fourth-order valence-electron chi connectivity index (χ4n) is 3.54. The average molecular weight is 431 g/mol. The van der Waals surface area contributed by atoms with Crippen molar-refractivity contribution in [1.29, 1.82) is 0 Å². The first-order valence-corrected chi connectivity index (χ1v) is 11.3. The van der Waals surface area contributed by atoms with Crippen LogP contribution in [-0.4, -0.2) is 12.6 Å². The summed E-state index contributed by atoms with van der Waals surface area (Å²) in [6, 6.07) is 11.0. The minimum atomic E-state index is -0.748. The Balaban J connectivity index is 2.11. The van der Waals surface area contributed by atoms with Crippen molar-refractivity contribution < 1.29 is 13.6 Å². The molecule has 2 amide bonds. The summed E-state index contributed by atoms with van der Waals surface area (Å²) < 4.78 is 27.9. The number of benzene rings is 2. The largest absolute Gasteiger partial charge is 0.338 e. The lowest BCUT2D eigenvalue weighted by Gasteiger charge is -2.24. The fourth-order valence-corrected chi connectivity index (χ4v) is 3.54. The molecule has 3 nitrogen and oxygen atoms in total. The van der Waals surface area contributed by atoms with E-state index in [-0.39, 0.29) is 23.7 Å². The van der Waals surface area contributed by atoms with Crippen molar-refractivity contribution in [3.05, 3.63) is 65.2 Å². The second-order valence-electron chi connectivity index (χ2n) is 9.38. The molecule has 2 aromatic rings. The van der Waals surface area contributed by atoms with Gasteiger partial charge < -0.3 is 5.32 Å². The third-order valence-corrected chi connectivity index (χ3v) is 5.10. The summed E-state index contributed by atoms with van der Waals surface area (Å²) in [5.74, 6) is -1.41. The van der Waals surface area contributed by atoms with Gasteiger partial charge in [0, 0.05) is 12.6 Å². The summed E-state index contributed by atoms with van der Waals surface area (Å²) in [4.78, 5) is 14.2. The number of nitrogens with zero attached hydrogens (tertiary/aromatic N) is 1. The number of hydrogen-bond donors (Lipinski definition) is 1. The molecule has 0 heterocycles. The van der Waals surface area contributed by atoms with E-state index in [2.05, 4.69) is 33.0 Å². The van der Waals surface area contributed by atoms with E-state index in [9.17, 15) is 13.6 Å². The van der Waals surface area contributed by atoms with E-state index in [4.69, 9.17) is 0 Å². The first kappa shape index (κ1) is 24.8. The quantitative estimate of drug-likeness (QED) is 0.396. The highest BCUT2D eigenvalue weighted by Gasteiger charge is 2.20. The van der Waals surface area contributed by atoms with Gasteiger partial charge in [-0.25, -0.2) is 13.6 Å². The monoisotopic (exact) mass is 430 g/mol. The molecule has 31 heavy (non-hydrogen) atoms. The molecule has 0 radical (unpaired) electrons. The van der Waals surface area contributed by atoms with E-state index in [1.165, 1.54) is 35.4 Å². The van der Waals surface area contributed by atoms with Crippen LogP contribution in [0.2, 0.25) is 0 Å². The Morgan fingerprint density at radius 2 is 1.58 bits per heavy atom. The van der Waals surface area contributed by atoms with Crippen molar-refractivity contribution in [2.45, 2.75) is 72.8 Å². The predicted molar refractivity (Wildman–Crippen MR) is 124 cm³/mol. The number of urea groups is 1. The van der Waals surface area contributed by atoms with E-state index < -0.39 is 11.6 Å². The van der Waals surface area contributed by atoms with Crippen LogP contribution in [-0.2, 0) is 13.0 Å². The van der Waals surface area contributed by atoms with Gasteiger partial charge in [0.05, 0.1) is 12.2 Å². The average Bonchev–Trinajstić information content (AvgIpc) is 2.69. The smallest absolute Gasteiger partial charge is 0.322 e. The Hall–Kier alpha value is -2.43. The zero-order valence-electron chi connectivity index (χ0n) is 19.3. The fraction of sp³-hybridized carbons (Fsp3) is 0.500. The summed E-state index contributed by atoms with van der Waals surface area (Å²) in [7, 11) is 0. The lowest BCUT2D eigenvalue weighted by Crippen LogP contribution is -2.40. The van der Waals surface area contributed by atoms with Crippen molar-refractivity contribution in [2.24, 2.45) is 5.41 Å². The highest BCUT2D eigenvalue weighted by molar-refractivity contribution is 5.92. The van der Waals surface area contributed by atoms with Crippen molar-refractivity contribution in [3.63, 3.8) is 0 Å². The van der Waals surface area contributed by atoms with Gasteiger partial charge in [0.15, 0.2) is 0 Å². The van der Waals surface area contributed by atoms with E-state index in [1.54, 1.807) is 0 Å². The molecule has 0 fully saturated rings. The molecular formula is C26H36F2N2O. The number of amides is 2. The molecule has 0 bridgehead atoms. The van der Waals surface area contributed by atoms with E-state index in [0.717, 1.165) is 37.3 Å². The lowest BCUT2D eigenvalue weighted by molar-refractivity contribution is 0.245. The van der Waals surface area contributed by atoms with E-state index >= 15 is 0 Å². The van der Waals surface area contributed by atoms with Crippen molar-refractivity contribution >= 4 is 11.7 Å². The number of halogens is 2. The molecule has 0 aliphatic heterocycles. The SMILES string of the molecule is CCCCCCCNC(=O)N(Cc1ccc(CC(C)(C)C)cc1)c1ccc(F)cc1F. The van der Waals surface area contributed by atoms with Gasteiger partial charge >= 0.3 is 6.03 Å². The zero-order valence-corrected chi connectivity index (χ0v) is 19.3. The first-order valence-electron chi connectivity index (χ1n) is 11.3. The maximum absolute atomic E-state index is 14.5. The predicted octanol–water partition coefficient (Wildman–Crippen LogP) is 7.24. The highest BCUT2D eigenvalue weighted by atomic mass is 19.1. The van der Waals surface area contributed by atoms with Crippen LogP contribution >= 0.6 is 0 Å². The maximum atomic E-state index is 14.5. The summed E-state index contributed by atoms with van der Waals surface area (Å²) >= 11 is 0. The van der Waals surface area contributed by atoms with E-state index in [0.29, 0.717) is 6.54 Å². The molecule has 0 spiro atoms. The van der Waals surface area contributed by atoms with Crippen LogP contribution in [0, 0.1) is 17.0 Å². The number of rotatable bonds is 10. The third-order valence-electron chi connectivity index (χ3n) is 5.10. The first-order chi connectivity index (χ1) is 14.7. The van der Waals surface area contributed by atoms with Gasteiger partial charge in [-0.1, -0.05) is 77.6 Å². The summed E-state index contributed by atoms with van der Waals surface area (Å²) in [6.07, 6.45) is 6.37. The molecule has 0 saturated carbocycles. The van der Waals surface area contributed by atoms with Gasteiger partial charge in [-0.3, -0.25) is 4.90 Å². The standard InChI is InChI=1S/C26H36F2N2O/c1-5-6-7-8-9-16-29-25(31)30(24-15-14-22(27)17-23(24)28)19-21-12-10-20(11-13-21)18-26(2,3)4/h10-15,17H,5-9,16,18-19H2,1-4H3,(H,29,31). The molecule has 170 valence electrons. The number of carbonyl (C=O) groups is 1. The number of carbonyl (C=O) groups excluding carboxylic acids is 1. The second kappa shape index (κ2) is 11.8. The lowest BCUT2D eigenvalue weighted by atomic mass is 9.88. The summed E-state index contributed by atoms with van der Waals surface area (Å²) in [5, 5.41) is 2.89. The number of unbranched alkanes of at least 4 members (excludes halogenated alkanes) is 4. The van der Waals surface area contributed by atoms with Crippen LogP contribution in [0.1, 0.15) is 70.9 Å². The minimum Gasteiger partial charge on any atom is -0.338 e. The van der Waals surface area contributed by atoms with Gasteiger partial charge in [-0.15, -0.1) is 0 Å². The minimum absolute atomic E-state index is 0.0728. The molecule has 2 rings (SSSR count). The molecule has 0 aliphatic rings. The van der Waals surface area contributed by atoms with Gasteiger partial charge in [0.2, 0.25) is 0 Å². The van der Waals surface area contributed by atoms with Crippen molar-refractivity contribution in [1.82, 2.24) is 5.32 Å². The number of nitrogens with one attached hydrogen (secondary N) is 1. The van der Waals surface area contributed by atoms with Gasteiger partial charge in [0.25, 0.3) is 0 Å². The van der Waals surface area contributed by atoms with Gasteiger partial charge in [-0.2, -0.15) is 0 Å². The van der Waals surface area contributed by atoms with Gasteiger partial charge in [-0.05, 0) is 41.5 Å². The van der Waals surface area contributed by atoms with Crippen LogP contribution < -0.4 is 10.2 Å². The van der Waals surface area contributed by atoms with Crippen molar-refractivity contribution in [3.8, 4) is 0 Å². The third kappa shape index (κ3) is 8.68. The van der Waals surface area contributed by atoms with Crippen LogP contribution in [0.15, 0.2) is 42.5 Å². The Morgan fingerprint density at radius 1 is 0.935 bits per heavy atom. The summed E-state index contributed by atoms with van der Waals surface area (Å²) in [5.41, 5.74) is 2.36. The molecule has 0 unspecified atom stereocenters. The number of hydrogen-bond acceptors (Lipinski definition) is 1. The molecule has 1 N–H and O–H groups in total. The molecule has 0 aromatic heterocycles. The Labute approximate surface area is 185 Å². The molecular weight excluding hydrogens is 394 g/mol. The highest BCUT2D eigenvalue weighted by Crippen LogP contribution is 2.24. The van der Waals surface area contributed by atoms with Crippen LogP contribution in [0.5, 0.6) is 0 Å². The Bertz CT molecular complexity index is 828. The topological polar surface area (TPSA) is 32.3 Å². The molecule has 2 aromatic carbocycles.